The normalized spacial score (nSPS) is 16.2. The van der Waals surface area contributed by atoms with Crippen LogP contribution < -0.4 is 10.2 Å². The molecular weight excluding hydrogens is 338 g/mol. The minimum atomic E-state index is -0.000597. The van der Waals surface area contributed by atoms with Crippen LogP contribution in [0.25, 0.3) is 0 Å². The molecule has 0 spiro atoms. The van der Waals surface area contributed by atoms with Crippen molar-refractivity contribution in [2.75, 3.05) is 37.6 Å². The monoisotopic (exact) mass is 367 g/mol. The van der Waals surface area contributed by atoms with Crippen molar-refractivity contribution >= 4 is 11.6 Å². The molecule has 0 unspecified atom stereocenters. The summed E-state index contributed by atoms with van der Waals surface area (Å²) in [5, 5.41) is 13.1. The number of carbonyl (C=O) groups is 1. The number of para-hydroxylation sites is 2. The average molecular weight is 367 g/mol. The number of nitrogens with zero attached hydrogens (tertiary/aromatic N) is 2. The highest BCUT2D eigenvalue weighted by Gasteiger charge is 2.21. The van der Waals surface area contributed by atoms with Crippen LogP contribution in [0.1, 0.15) is 29.7 Å². The van der Waals surface area contributed by atoms with Crippen molar-refractivity contribution in [2.24, 2.45) is 0 Å². The Bertz CT molecular complexity index is 798. The van der Waals surface area contributed by atoms with Gasteiger partial charge < -0.3 is 15.3 Å². The Morgan fingerprint density at radius 3 is 2.44 bits per heavy atom. The van der Waals surface area contributed by atoms with E-state index < -0.39 is 0 Å². The molecule has 5 heteroatoms. The third-order valence-electron chi connectivity index (χ3n) is 5.37. The summed E-state index contributed by atoms with van der Waals surface area (Å²) < 4.78 is 0. The molecule has 1 fully saturated rings. The molecule has 5 nitrogen and oxygen atoms in total. The van der Waals surface area contributed by atoms with Crippen LogP contribution in [0.2, 0.25) is 0 Å². The number of phenols is 1. The maximum Gasteiger partial charge on any atom is 0.234 e. The maximum absolute atomic E-state index is 12.4. The molecule has 2 N–H and O–H groups in total. The summed E-state index contributed by atoms with van der Waals surface area (Å²) in [7, 11) is 0. The van der Waals surface area contributed by atoms with E-state index in [4.69, 9.17) is 0 Å². The lowest BCUT2D eigenvalue weighted by Crippen LogP contribution is -2.49. The van der Waals surface area contributed by atoms with Crippen molar-refractivity contribution < 1.29 is 9.90 Å². The number of nitrogens with one attached hydrogen (secondary N) is 1. The van der Waals surface area contributed by atoms with Gasteiger partial charge in [-0.2, -0.15) is 0 Å². The van der Waals surface area contributed by atoms with Crippen molar-refractivity contribution in [2.45, 2.75) is 26.8 Å². The fourth-order valence-electron chi connectivity index (χ4n) is 3.49. The lowest BCUT2D eigenvalue weighted by molar-refractivity contribution is -0.123. The van der Waals surface area contributed by atoms with E-state index in [1.54, 1.807) is 6.07 Å². The van der Waals surface area contributed by atoms with E-state index >= 15 is 0 Å². The first-order valence-corrected chi connectivity index (χ1v) is 9.56. The summed E-state index contributed by atoms with van der Waals surface area (Å²) in [6, 6.07) is 13.7. The van der Waals surface area contributed by atoms with Crippen LogP contribution in [0.3, 0.4) is 0 Å². The van der Waals surface area contributed by atoms with E-state index in [2.05, 4.69) is 47.2 Å². The second-order valence-electron chi connectivity index (χ2n) is 7.38. The second-order valence-corrected chi connectivity index (χ2v) is 7.38. The molecule has 0 aromatic heterocycles. The van der Waals surface area contributed by atoms with Gasteiger partial charge in [-0.25, -0.2) is 0 Å². The van der Waals surface area contributed by atoms with Crippen LogP contribution in [0.15, 0.2) is 42.5 Å². The van der Waals surface area contributed by atoms with Crippen molar-refractivity contribution in [1.29, 1.82) is 0 Å². The van der Waals surface area contributed by atoms with Gasteiger partial charge in [0.25, 0.3) is 0 Å². The number of aromatic hydroxyl groups is 1. The third kappa shape index (κ3) is 4.80. The summed E-state index contributed by atoms with van der Waals surface area (Å²) in [6.07, 6.45) is 0. The third-order valence-corrected chi connectivity index (χ3v) is 5.37. The number of phenolic OH excluding ortho intramolecular Hbond substituents is 1. The number of rotatable bonds is 5. The summed E-state index contributed by atoms with van der Waals surface area (Å²) >= 11 is 0. The highest BCUT2D eigenvalue weighted by atomic mass is 16.3. The Morgan fingerprint density at radius 2 is 1.78 bits per heavy atom. The fraction of sp³-hybridized carbons (Fsp3) is 0.409. The van der Waals surface area contributed by atoms with Crippen LogP contribution in [-0.2, 0) is 4.79 Å². The molecule has 1 heterocycles. The Hall–Kier alpha value is -2.53. The van der Waals surface area contributed by atoms with E-state index in [9.17, 15) is 9.90 Å². The zero-order chi connectivity index (χ0) is 19.4. The predicted octanol–water partition coefficient (Wildman–Crippen LogP) is 3.01. The number of hydrogen-bond donors (Lipinski definition) is 2. The summed E-state index contributed by atoms with van der Waals surface area (Å²) in [6.45, 7) is 9.84. The molecule has 0 radical (unpaired) electrons. The minimum Gasteiger partial charge on any atom is -0.506 e. The van der Waals surface area contributed by atoms with Gasteiger partial charge >= 0.3 is 0 Å². The van der Waals surface area contributed by atoms with E-state index in [1.807, 2.05) is 25.1 Å². The molecule has 2 aromatic rings. The molecule has 2 aromatic carbocycles. The molecule has 0 bridgehead atoms. The number of anilines is 1. The number of benzene rings is 2. The predicted molar refractivity (Wildman–Crippen MR) is 109 cm³/mol. The van der Waals surface area contributed by atoms with E-state index in [1.165, 1.54) is 11.1 Å². The molecule has 1 aliphatic rings. The smallest absolute Gasteiger partial charge is 0.234 e. The molecule has 0 saturated carbocycles. The summed E-state index contributed by atoms with van der Waals surface area (Å²) in [4.78, 5) is 16.8. The average Bonchev–Trinajstić information content (AvgIpc) is 2.65. The standard InChI is InChI=1S/C22H29N3O2/c1-16-8-9-19(14-17(16)2)18(3)23-22(27)15-24-10-12-25(13-11-24)20-6-4-5-7-21(20)26/h4-9,14,18,26H,10-13,15H2,1-3H3,(H,23,27)/t18-/m1/s1. The van der Waals surface area contributed by atoms with Crippen LogP contribution in [0.5, 0.6) is 5.75 Å². The second kappa shape index (κ2) is 8.44. The first-order chi connectivity index (χ1) is 12.9. The molecule has 1 atom stereocenters. The molecular formula is C22H29N3O2. The lowest BCUT2D eigenvalue weighted by atomic mass is 10.0. The number of hydrogen-bond acceptors (Lipinski definition) is 4. The summed E-state index contributed by atoms with van der Waals surface area (Å²) in [5.74, 6) is 0.364. The van der Waals surface area contributed by atoms with Crippen molar-refractivity contribution in [3.8, 4) is 5.75 Å². The first-order valence-electron chi connectivity index (χ1n) is 9.56. The SMILES string of the molecule is Cc1ccc([C@@H](C)NC(=O)CN2CCN(c3ccccc3O)CC2)cc1C. The van der Waals surface area contributed by atoms with Gasteiger partial charge in [0.05, 0.1) is 18.3 Å². The van der Waals surface area contributed by atoms with Gasteiger partial charge in [-0.15, -0.1) is 0 Å². The Balaban J connectivity index is 1.49. The Kier molecular flexibility index (Phi) is 6.01. The van der Waals surface area contributed by atoms with Crippen LogP contribution in [-0.4, -0.2) is 48.6 Å². The van der Waals surface area contributed by atoms with E-state index in [0.29, 0.717) is 12.3 Å². The van der Waals surface area contributed by atoms with Gasteiger partial charge in [0.1, 0.15) is 5.75 Å². The molecule has 1 saturated heterocycles. The van der Waals surface area contributed by atoms with Crippen molar-refractivity contribution in [1.82, 2.24) is 10.2 Å². The maximum atomic E-state index is 12.4. The minimum absolute atomic E-state index is 0.000597. The quantitative estimate of drug-likeness (QED) is 0.853. The van der Waals surface area contributed by atoms with Crippen molar-refractivity contribution in [3.63, 3.8) is 0 Å². The van der Waals surface area contributed by atoms with Gasteiger partial charge in [0, 0.05) is 26.2 Å². The summed E-state index contributed by atoms with van der Waals surface area (Å²) in [5.41, 5.74) is 4.51. The number of carbonyl (C=O) groups excluding carboxylic acids is 1. The van der Waals surface area contributed by atoms with Crippen LogP contribution in [0.4, 0.5) is 5.69 Å². The Morgan fingerprint density at radius 1 is 1.07 bits per heavy atom. The number of piperazine rings is 1. The van der Waals surface area contributed by atoms with Gasteiger partial charge in [-0.1, -0.05) is 30.3 Å². The Labute approximate surface area is 161 Å². The molecule has 3 rings (SSSR count). The molecule has 27 heavy (non-hydrogen) atoms. The van der Waals surface area contributed by atoms with Gasteiger partial charge in [-0.05, 0) is 49.6 Å². The van der Waals surface area contributed by atoms with Crippen LogP contribution in [0, 0.1) is 13.8 Å². The number of amides is 1. The van der Waals surface area contributed by atoms with E-state index in [-0.39, 0.29) is 11.9 Å². The largest absolute Gasteiger partial charge is 0.506 e. The zero-order valence-corrected chi connectivity index (χ0v) is 16.4. The lowest BCUT2D eigenvalue weighted by Gasteiger charge is -2.36. The van der Waals surface area contributed by atoms with Gasteiger partial charge in [0.15, 0.2) is 0 Å². The van der Waals surface area contributed by atoms with Crippen molar-refractivity contribution in [3.05, 3.63) is 59.2 Å². The molecule has 1 aliphatic heterocycles. The van der Waals surface area contributed by atoms with Gasteiger partial charge in [0.2, 0.25) is 5.91 Å². The first kappa shape index (κ1) is 19.2. The van der Waals surface area contributed by atoms with Gasteiger partial charge in [-0.3, -0.25) is 9.69 Å². The fourth-order valence-corrected chi connectivity index (χ4v) is 3.49. The van der Waals surface area contributed by atoms with E-state index in [0.717, 1.165) is 37.4 Å². The topological polar surface area (TPSA) is 55.8 Å². The highest BCUT2D eigenvalue weighted by molar-refractivity contribution is 5.78. The highest BCUT2D eigenvalue weighted by Crippen LogP contribution is 2.27. The molecule has 144 valence electrons. The molecule has 0 aliphatic carbocycles. The number of aryl methyl sites for hydroxylation is 2. The van der Waals surface area contributed by atoms with Crippen LogP contribution >= 0.6 is 0 Å². The zero-order valence-electron chi connectivity index (χ0n) is 16.4. The molecule has 1 amide bonds.